The number of benzene rings is 1. The van der Waals surface area contributed by atoms with E-state index in [1.165, 1.54) is 12.1 Å². The molecule has 0 bridgehead atoms. The quantitative estimate of drug-likeness (QED) is 0.873. The Morgan fingerprint density at radius 2 is 2.08 bits per heavy atom. The summed E-state index contributed by atoms with van der Waals surface area (Å²) in [6.07, 6.45) is 4.55. The number of H-pyrrole nitrogens is 1. The molecule has 1 aromatic carbocycles. The number of carbonyl (C=O) groups is 1. The van der Waals surface area contributed by atoms with Crippen molar-refractivity contribution >= 4 is 26.6 Å². The highest BCUT2D eigenvalue weighted by atomic mass is 32.2. The van der Waals surface area contributed by atoms with Crippen LogP contribution in [0, 0.1) is 17.2 Å². The number of aromatic amines is 1. The van der Waals surface area contributed by atoms with Crippen LogP contribution in [-0.2, 0) is 21.1 Å². The maximum Gasteiger partial charge on any atom is 0.223 e. The first-order valence-electron chi connectivity index (χ1n) is 8.62. The minimum atomic E-state index is -2.90. The van der Waals surface area contributed by atoms with Crippen LogP contribution in [0.4, 0.5) is 4.39 Å². The molecule has 2 heterocycles. The smallest absolute Gasteiger partial charge is 0.223 e. The van der Waals surface area contributed by atoms with Crippen LogP contribution >= 0.6 is 0 Å². The van der Waals surface area contributed by atoms with E-state index in [9.17, 15) is 17.6 Å². The highest BCUT2D eigenvalue weighted by Crippen LogP contribution is 2.59. The molecule has 7 heteroatoms. The zero-order valence-corrected chi connectivity index (χ0v) is 14.7. The van der Waals surface area contributed by atoms with Gasteiger partial charge < -0.3 is 10.3 Å². The summed E-state index contributed by atoms with van der Waals surface area (Å²) in [5.41, 5.74) is 1.73. The van der Waals surface area contributed by atoms with E-state index in [-0.39, 0.29) is 34.6 Å². The SMILES string of the molecule is O=C(NCCc1c[nH]c2cc(F)ccc12)C1CC12CCS(=O)(=O)CC2. The second-order valence-corrected chi connectivity index (χ2v) is 9.62. The van der Waals surface area contributed by atoms with E-state index in [4.69, 9.17) is 0 Å². The van der Waals surface area contributed by atoms with Gasteiger partial charge in [0, 0.05) is 29.6 Å². The van der Waals surface area contributed by atoms with Crippen LogP contribution in [-0.4, -0.2) is 37.4 Å². The minimum Gasteiger partial charge on any atom is -0.361 e. The van der Waals surface area contributed by atoms with Crippen molar-refractivity contribution < 1.29 is 17.6 Å². The number of halogens is 1. The lowest BCUT2D eigenvalue weighted by Gasteiger charge is -2.22. The Morgan fingerprint density at radius 3 is 2.84 bits per heavy atom. The fraction of sp³-hybridized carbons (Fsp3) is 0.500. The number of carbonyl (C=O) groups excluding carboxylic acids is 1. The van der Waals surface area contributed by atoms with Crippen molar-refractivity contribution in [1.29, 1.82) is 0 Å². The van der Waals surface area contributed by atoms with Crippen molar-refractivity contribution in [3.8, 4) is 0 Å². The van der Waals surface area contributed by atoms with Gasteiger partial charge in [-0.25, -0.2) is 12.8 Å². The lowest BCUT2D eigenvalue weighted by Crippen LogP contribution is -2.32. The van der Waals surface area contributed by atoms with Crippen molar-refractivity contribution in [2.45, 2.75) is 25.7 Å². The molecule has 25 heavy (non-hydrogen) atoms. The summed E-state index contributed by atoms with van der Waals surface area (Å²) in [5.74, 6) is 0.138. The van der Waals surface area contributed by atoms with Gasteiger partial charge in [-0.1, -0.05) is 0 Å². The maximum atomic E-state index is 13.2. The lowest BCUT2D eigenvalue weighted by molar-refractivity contribution is -0.123. The standard InChI is InChI=1S/C18H21FN2O3S/c19-13-1-2-14-12(11-21-16(14)9-13)3-6-20-17(22)15-10-18(15)4-7-25(23,24)8-5-18/h1-2,9,11,15,21H,3-8,10H2,(H,20,22). The number of fused-ring (bicyclic) bond motifs is 1. The van der Waals surface area contributed by atoms with Crippen molar-refractivity contribution in [3.05, 3.63) is 35.8 Å². The largest absolute Gasteiger partial charge is 0.361 e. The Kier molecular flexibility index (Phi) is 3.86. The summed E-state index contributed by atoms with van der Waals surface area (Å²) in [6.45, 7) is 0.522. The molecule has 134 valence electrons. The maximum absolute atomic E-state index is 13.2. The molecule has 4 rings (SSSR count). The van der Waals surface area contributed by atoms with Crippen LogP contribution in [0.5, 0.6) is 0 Å². The Hall–Kier alpha value is -1.89. The third kappa shape index (κ3) is 3.17. The summed E-state index contributed by atoms with van der Waals surface area (Å²) >= 11 is 0. The Labute approximate surface area is 145 Å². The molecule has 1 aliphatic carbocycles. The van der Waals surface area contributed by atoms with Crippen LogP contribution < -0.4 is 5.32 Å². The van der Waals surface area contributed by atoms with Gasteiger partial charge in [-0.2, -0.15) is 0 Å². The molecule has 2 fully saturated rings. The lowest BCUT2D eigenvalue weighted by atomic mass is 9.96. The molecule has 1 amide bonds. The van der Waals surface area contributed by atoms with Gasteiger partial charge in [-0.05, 0) is 54.9 Å². The van der Waals surface area contributed by atoms with Gasteiger partial charge in [0.15, 0.2) is 0 Å². The fourth-order valence-corrected chi connectivity index (χ4v) is 5.66. The molecule has 1 unspecified atom stereocenters. The zero-order valence-electron chi connectivity index (χ0n) is 13.8. The van der Waals surface area contributed by atoms with E-state index in [2.05, 4.69) is 10.3 Å². The van der Waals surface area contributed by atoms with Crippen LogP contribution in [0.1, 0.15) is 24.8 Å². The molecule has 1 saturated carbocycles. The van der Waals surface area contributed by atoms with Gasteiger partial charge in [0.05, 0.1) is 11.5 Å². The van der Waals surface area contributed by atoms with Crippen LogP contribution in [0.3, 0.4) is 0 Å². The first-order valence-corrected chi connectivity index (χ1v) is 10.4. The van der Waals surface area contributed by atoms with Gasteiger partial charge in [0.1, 0.15) is 15.7 Å². The van der Waals surface area contributed by atoms with Crippen molar-refractivity contribution in [2.75, 3.05) is 18.1 Å². The molecule has 1 spiro atoms. The molecule has 2 aromatic rings. The number of hydrogen-bond acceptors (Lipinski definition) is 3. The Bertz CT molecular complexity index is 921. The second-order valence-electron chi connectivity index (χ2n) is 7.32. The van der Waals surface area contributed by atoms with Gasteiger partial charge >= 0.3 is 0 Å². The molecule has 0 radical (unpaired) electrons. The van der Waals surface area contributed by atoms with Crippen LogP contribution in [0.25, 0.3) is 10.9 Å². The molecule has 1 aliphatic heterocycles. The molecular weight excluding hydrogens is 343 g/mol. The van der Waals surface area contributed by atoms with E-state index in [1.807, 2.05) is 6.20 Å². The van der Waals surface area contributed by atoms with Crippen molar-refractivity contribution in [1.82, 2.24) is 10.3 Å². The monoisotopic (exact) mass is 364 g/mol. The normalized spacial score (nSPS) is 23.6. The van der Waals surface area contributed by atoms with Gasteiger partial charge in [0.2, 0.25) is 5.91 Å². The summed E-state index contributed by atoms with van der Waals surface area (Å²) in [5, 5.41) is 3.94. The first kappa shape index (κ1) is 16.6. The van der Waals surface area contributed by atoms with Crippen molar-refractivity contribution in [2.24, 2.45) is 11.3 Å². The highest BCUT2D eigenvalue weighted by Gasteiger charge is 2.59. The molecule has 1 saturated heterocycles. The van der Waals surface area contributed by atoms with Crippen molar-refractivity contribution in [3.63, 3.8) is 0 Å². The molecule has 2 aliphatic rings. The van der Waals surface area contributed by atoms with E-state index >= 15 is 0 Å². The van der Waals surface area contributed by atoms with Crippen LogP contribution in [0.2, 0.25) is 0 Å². The highest BCUT2D eigenvalue weighted by molar-refractivity contribution is 7.91. The van der Waals surface area contributed by atoms with E-state index in [0.29, 0.717) is 25.8 Å². The third-order valence-corrected chi connectivity index (χ3v) is 7.40. The molecular formula is C18H21FN2O3S. The van der Waals surface area contributed by atoms with E-state index in [0.717, 1.165) is 22.9 Å². The number of amides is 1. The molecule has 1 atom stereocenters. The number of nitrogens with one attached hydrogen (secondary N) is 2. The number of hydrogen-bond donors (Lipinski definition) is 2. The van der Waals surface area contributed by atoms with E-state index in [1.54, 1.807) is 6.07 Å². The van der Waals surface area contributed by atoms with Gasteiger partial charge in [-0.3, -0.25) is 4.79 Å². The Balaban J connectivity index is 1.31. The zero-order chi connectivity index (χ0) is 17.7. The second kappa shape index (κ2) is 5.83. The van der Waals surface area contributed by atoms with Gasteiger partial charge in [-0.15, -0.1) is 0 Å². The summed E-state index contributed by atoms with van der Waals surface area (Å²) in [6, 6.07) is 4.64. The summed E-state index contributed by atoms with van der Waals surface area (Å²) in [7, 11) is -2.90. The molecule has 1 aromatic heterocycles. The third-order valence-electron chi connectivity index (χ3n) is 5.75. The van der Waals surface area contributed by atoms with Crippen LogP contribution in [0.15, 0.2) is 24.4 Å². The number of aromatic nitrogens is 1. The number of rotatable bonds is 4. The van der Waals surface area contributed by atoms with E-state index < -0.39 is 9.84 Å². The fourth-order valence-electron chi connectivity index (χ4n) is 4.02. The summed E-state index contributed by atoms with van der Waals surface area (Å²) in [4.78, 5) is 15.4. The molecule has 2 N–H and O–H groups in total. The summed E-state index contributed by atoms with van der Waals surface area (Å²) < 4.78 is 36.3. The minimum absolute atomic E-state index is 0.0326. The average Bonchev–Trinajstić information content (AvgIpc) is 3.15. The predicted molar refractivity (Wildman–Crippen MR) is 93.4 cm³/mol. The molecule has 5 nitrogen and oxygen atoms in total. The average molecular weight is 364 g/mol. The number of sulfone groups is 1. The first-order chi connectivity index (χ1) is 11.9. The van der Waals surface area contributed by atoms with Gasteiger partial charge in [0.25, 0.3) is 0 Å². The Morgan fingerprint density at radius 1 is 1.32 bits per heavy atom. The predicted octanol–water partition coefficient (Wildman–Crippen LogP) is 2.18. The topological polar surface area (TPSA) is 79.0 Å².